The Kier molecular flexibility index (Phi) is 6.35. The highest BCUT2D eigenvalue weighted by Crippen LogP contribution is 2.21. The molecule has 0 amide bonds. The minimum atomic E-state index is 0.158. The molecule has 0 unspecified atom stereocenters. The molecule has 0 atom stereocenters. The Balaban J connectivity index is 0.000000671. The Morgan fingerprint density at radius 1 is 1.15 bits per heavy atom. The van der Waals surface area contributed by atoms with Gasteiger partial charge in [0, 0.05) is 5.54 Å². The number of nitrogens with two attached hydrogens (primary N) is 1. The minimum Gasteiger partial charge on any atom is -0.325 e. The van der Waals surface area contributed by atoms with Crippen LogP contribution in [0.5, 0.6) is 0 Å². The predicted octanol–water partition coefficient (Wildman–Crippen LogP) is 2.24. The monoisotopic (exact) mass is 186 g/mol. The van der Waals surface area contributed by atoms with E-state index in [4.69, 9.17) is 5.73 Å². The molecule has 1 heterocycles. The third kappa shape index (κ3) is 4.10. The summed E-state index contributed by atoms with van der Waals surface area (Å²) in [5, 5.41) is 0. The molecule has 1 aliphatic rings. The first-order valence-corrected chi connectivity index (χ1v) is 5.71. The molecule has 1 fully saturated rings. The zero-order valence-electron chi connectivity index (χ0n) is 9.77. The van der Waals surface area contributed by atoms with Gasteiger partial charge >= 0.3 is 0 Å². The molecule has 0 aromatic rings. The maximum atomic E-state index is 6.15. The minimum absolute atomic E-state index is 0.158. The summed E-state index contributed by atoms with van der Waals surface area (Å²) in [6.07, 6.45) is 3.49. The second-order valence-corrected chi connectivity index (χ2v) is 3.65. The number of hydrogen-bond acceptors (Lipinski definition) is 2. The van der Waals surface area contributed by atoms with Crippen LogP contribution in [0.15, 0.2) is 0 Å². The van der Waals surface area contributed by atoms with Crippen LogP contribution in [-0.4, -0.2) is 30.1 Å². The molecule has 0 saturated carbocycles. The molecule has 13 heavy (non-hydrogen) atoms. The van der Waals surface area contributed by atoms with Crippen molar-refractivity contribution in [3.8, 4) is 0 Å². The molecule has 0 radical (unpaired) electrons. The fraction of sp³-hybridized carbons (Fsp3) is 1.00. The summed E-state index contributed by atoms with van der Waals surface area (Å²) in [6.45, 7) is 12.0. The molecule has 1 aliphatic heterocycles. The summed E-state index contributed by atoms with van der Waals surface area (Å²) in [5.41, 5.74) is 6.31. The van der Waals surface area contributed by atoms with E-state index < -0.39 is 0 Å². The van der Waals surface area contributed by atoms with E-state index in [1.165, 1.54) is 32.5 Å². The molecule has 2 heteroatoms. The molecule has 1 rings (SSSR count). The average Bonchev–Trinajstić information content (AvgIpc) is 2.22. The third-order valence-electron chi connectivity index (χ3n) is 3.00. The topological polar surface area (TPSA) is 29.3 Å². The van der Waals surface area contributed by atoms with E-state index in [9.17, 15) is 0 Å². The molecule has 0 aromatic heterocycles. The number of piperidine rings is 1. The van der Waals surface area contributed by atoms with Gasteiger partial charge in [-0.05, 0) is 38.9 Å². The Hall–Kier alpha value is -0.0800. The van der Waals surface area contributed by atoms with Crippen molar-refractivity contribution in [3.05, 3.63) is 0 Å². The van der Waals surface area contributed by atoms with Gasteiger partial charge in [-0.25, -0.2) is 0 Å². The fourth-order valence-corrected chi connectivity index (χ4v) is 1.67. The van der Waals surface area contributed by atoms with Gasteiger partial charge in [0.2, 0.25) is 0 Å². The quantitative estimate of drug-likeness (QED) is 0.716. The normalized spacial score (nSPS) is 21.9. The molecule has 0 aliphatic carbocycles. The first-order chi connectivity index (χ1) is 6.20. The molecular formula is C11H26N2. The second-order valence-electron chi connectivity index (χ2n) is 3.65. The van der Waals surface area contributed by atoms with E-state index >= 15 is 0 Å². The van der Waals surface area contributed by atoms with Crippen LogP contribution in [0.1, 0.15) is 47.0 Å². The smallest absolute Gasteiger partial charge is 0.0176 e. The Labute approximate surface area is 83.5 Å². The lowest BCUT2D eigenvalue weighted by Gasteiger charge is -2.38. The van der Waals surface area contributed by atoms with Crippen LogP contribution in [0, 0.1) is 0 Å². The van der Waals surface area contributed by atoms with Crippen LogP contribution in [-0.2, 0) is 0 Å². The van der Waals surface area contributed by atoms with Crippen LogP contribution in [0.2, 0.25) is 0 Å². The lowest BCUT2D eigenvalue weighted by molar-refractivity contribution is 0.165. The highest BCUT2D eigenvalue weighted by molar-refractivity contribution is 4.88. The van der Waals surface area contributed by atoms with E-state index in [0.717, 1.165) is 6.42 Å². The number of hydrogen-bond donors (Lipinski definition) is 1. The summed E-state index contributed by atoms with van der Waals surface area (Å²) < 4.78 is 0. The largest absolute Gasteiger partial charge is 0.325 e. The van der Waals surface area contributed by atoms with E-state index in [1.54, 1.807) is 0 Å². The van der Waals surface area contributed by atoms with Crippen molar-refractivity contribution >= 4 is 0 Å². The van der Waals surface area contributed by atoms with Crippen molar-refractivity contribution in [3.63, 3.8) is 0 Å². The van der Waals surface area contributed by atoms with Gasteiger partial charge < -0.3 is 10.6 Å². The number of rotatable bonds is 2. The number of nitrogens with zero attached hydrogens (tertiary/aromatic N) is 1. The van der Waals surface area contributed by atoms with Gasteiger partial charge in [0.05, 0.1) is 0 Å². The maximum absolute atomic E-state index is 6.15. The molecule has 2 N–H and O–H groups in total. The molecular weight excluding hydrogens is 160 g/mol. The molecule has 80 valence electrons. The van der Waals surface area contributed by atoms with Crippen molar-refractivity contribution in [2.75, 3.05) is 19.6 Å². The standard InChI is InChI=1S/C9H20N2.C2H6/c1-3-9(10)5-7-11(4-2)8-6-9;1-2/h3-8,10H2,1-2H3;1-2H3. The molecule has 2 nitrogen and oxygen atoms in total. The van der Waals surface area contributed by atoms with E-state index in [1.807, 2.05) is 13.8 Å². The van der Waals surface area contributed by atoms with Crippen LogP contribution < -0.4 is 5.73 Å². The first-order valence-electron chi connectivity index (χ1n) is 5.71. The van der Waals surface area contributed by atoms with Crippen molar-refractivity contribution in [1.29, 1.82) is 0 Å². The van der Waals surface area contributed by atoms with Crippen molar-refractivity contribution in [2.24, 2.45) is 5.73 Å². The third-order valence-corrected chi connectivity index (χ3v) is 3.00. The average molecular weight is 186 g/mol. The molecule has 0 spiro atoms. The molecule has 1 saturated heterocycles. The Morgan fingerprint density at radius 2 is 1.62 bits per heavy atom. The van der Waals surface area contributed by atoms with E-state index in [0.29, 0.717) is 0 Å². The SMILES string of the molecule is CC.CCN1CCC(N)(CC)CC1. The Morgan fingerprint density at radius 3 is 1.92 bits per heavy atom. The highest BCUT2D eigenvalue weighted by atomic mass is 15.1. The first kappa shape index (κ1) is 12.9. The van der Waals surface area contributed by atoms with Crippen LogP contribution >= 0.6 is 0 Å². The van der Waals surface area contributed by atoms with Crippen molar-refractivity contribution in [2.45, 2.75) is 52.5 Å². The van der Waals surface area contributed by atoms with Gasteiger partial charge in [0.25, 0.3) is 0 Å². The van der Waals surface area contributed by atoms with Gasteiger partial charge in [0.1, 0.15) is 0 Å². The predicted molar refractivity (Wildman–Crippen MR) is 59.9 cm³/mol. The fourth-order valence-electron chi connectivity index (χ4n) is 1.67. The summed E-state index contributed by atoms with van der Waals surface area (Å²) in [7, 11) is 0. The van der Waals surface area contributed by atoms with E-state index in [-0.39, 0.29) is 5.54 Å². The summed E-state index contributed by atoms with van der Waals surface area (Å²) in [6, 6.07) is 0. The van der Waals surface area contributed by atoms with Crippen LogP contribution in [0.3, 0.4) is 0 Å². The zero-order chi connectivity index (χ0) is 10.3. The summed E-state index contributed by atoms with van der Waals surface area (Å²) in [4.78, 5) is 2.47. The highest BCUT2D eigenvalue weighted by Gasteiger charge is 2.27. The molecule has 0 aromatic carbocycles. The Bertz CT molecular complexity index is 115. The zero-order valence-corrected chi connectivity index (χ0v) is 9.77. The maximum Gasteiger partial charge on any atom is 0.0176 e. The summed E-state index contributed by atoms with van der Waals surface area (Å²) >= 11 is 0. The second kappa shape index (κ2) is 6.39. The van der Waals surface area contributed by atoms with Crippen LogP contribution in [0.4, 0.5) is 0 Å². The summed E-state index contributed by atoms with van der Waals surface area (Å²) in [5.74, 6) is 0. The van der Waals surface area contributed by atoms with Gasteiger partial charge in [-0.3, -0.25) is 0 Å². The number of likely N-dealkylation sites (tertiary alicyclic amines) is 1. The lowest BCUT2D eigenvalue weighted by Crippen LogP contribution is -2.49. The van der Waals surface area contributed by atoms with Crippen molar-refractivity contribution in [1.82, 2.24) is 4.90 Å². The molecule has 0 bridgehead atoms. The van der Waals surface area contributed by atoms with Gasteiger partial charge in [-0.2, -0.15) is 0 Å². The van der Waals surface area contributed by atoms with E-state index in [2.05, 4.69) is 18.7 Å². The van der Waals surface area contributed by atoms with Gasteiger partial charge in [0.15, 0.2) is 0 Å². The van der Waals surface area contributed by atoms with Gasteiger partial charge in [-0.1, -0.05) is 27.7 Å². The van der Waals surface area contributed by atoms with Crippen molar-refractivity contribution < 1.29 is 0 Å². The van der Waals surface area contributed by atoms with Gasteiger partial charge in [-0.15, -0.1) is 0 Å². The van der Waals surface area contributed by atoms with Crippen LogP contribution in [0.25, 0.3) is 0 Å². The lowest BCUT2D eigenvalue weighted by atomic mass is 9.86.